The predicted octanol–water partition coefficient (Wildman–Crippen LogP) is 2.78. The van der Waals surface area contributed by atoms with Crippen molar-refractivity contribution in [3.05, 3.63) is 35.1 Å². The molecular formula is C11H12FNO. The van der Waals surface area contributed by atoms with E-state index in [-0.39, 0.29) is 18.3 Å². The third-order valence-electron chi connectivity index (χ3n) is 1.97. The lowest BCUT2D eigenvalue weighted by atomic mass is 10.0. The number of hydrogen-bond donors (Lipinski definition) is 0. The average molecular weight is 193 g/mol. The fraction of sp³-hybridized carbons (Fsp3) is 0.364. The summed E-state index contributed by atoms with van der Waals surface area (Å²) in [4.78, 5) is 13.3. The Labute approximate surface area is 82.5 Å². The number of hydrogen-bond acceptors (Lipinski definition) is 2. The fourth-order valence-corrected chi connectivity index (χ4v) is 1.22. The highest BCUT2D eigenvalue weighted by molar-refractivity contribution is 5.34. The van der Waals surface area contributed by atoms with Crippen LogP contribution in [-0.4, -0.2) is 6.08 Å². The van der Waals surface area contributed by atoms with Crippen molar-refractivity contribution in [2.75, 3.05) is 0 Å². The van der Waals surface area contributed by atoms with Crippen LogP contribution in [0.2, 0.25) is 0 Å². The van der Waals surface area contributed by atoms with E-state index in [9.17, 15) is 9.18 Å². The first-order valence-electron chi connectivity index (χ1n) is 4.46. The Hall–Kier alpha value is -1.47. The molecule has 1 rings (SSSR count). The summed E-state index contributed by atoms with van der Waals surface area (Å²) < 4.78 is 13.1. The number of carbonyl (C=O) groups excluding carboxylic acids is 1. The average Bonchev–Trinajstić information content (AvgIpc) is 2.14. The van der Waals surface area contributed by atoms with E-state index in [1.807, 2.05) is 19.9 Å². The van der Waals surface area contributed by atoms with Gasteiger partial charge in [0.05, 0.1) is 6.54 Å². The molecule has 1 aromatic rings. The largest absolute Gasteiger partial charge is 0.235 e. The Kier molecular flexibility index (Phi) is 3.55. The molecule has 0 unspecified atom stereocenters. The molecule has 0 heterocycles. The van der Waals surface area contributed by atoms with Crippen LogP contribution in [0.1, 0.15) is 30.9 Å². The topological polar surface area (TPSA) is 29.4 Å². The summed E-state index contributed by atoms with van der Waals surface area (Å²) in [7, 11) is 0. The lowest BCUT2D eigenvalue weighted by Crippen LogP contribution is -1.92. The van der Waals surface area contributed by atoms with Gasteiger partial charge in [0.2, 0.25) is 6.08 Å². The minimum Gasteiger partial charge on any atom is -0.211 e. The number of halogens is 1. The molecule has 3 heteroatoms. The minimum atomic E-state index is -0.285. The zero-order valence-corrected chi connectivity index (χ0v) is 8.25. The van der Waals surface area contributed by atoms with Crippen molar-refractivity contribution in [2.24, 2.45) is 4.99 Å². The van der Waals surface area contributed by atoms with Crippen LogP contribution < -0.4 is 0 Å². The Morgan fingerprint density at radius 3 is 2.71 bits per heavy atom. The monoisotopic (exact) mass is 193 g/mol. The van der Waals surface area contributed by atoms with Gasteiger partial charge in [-0.3, -0.25) is 0 Å². The molecule has 0 aromatic heterocycles. The molecule has 0 bridgehead atoms. The van der Waals surface area contributed by atoms with Crippen LogP contribution in [0, 0.1) is 5.82 Å². The highest BCUT2D eigenvalue weighted by Gasteiger charge is 2.03. The molecule has 0 amide bonds. The smallest absolute Gasteiger partial charge is 0.211 e. The third kappa shape index (κ3) is 2.79. The van der Waals surface area contributed by atoms with Crippen molar-refractivity contribution < 1.29 is 9.18 Å². The van der Waals surface area contributed by atoms with Gasteiger partial charge in [-0.15, -0.1) is 0 Å². The first-order valence-corrected chi connectivity index (χ1v) is 4.46. The molecule has 0 aliphatic rings. The third-order valence-corrected chi connectivity index (χ3v) is 1.97. The summed E-state index contributed by atoms with van der Waals surface area (Å²) >= 11 is 0. The predicted molar refractivity (Wildman–Crippen MR) is 52.3 cm³/mol. The van der Waals surface area contributed by atoms with Crippen LogP contribution in [0.3, 0.4) is 0 Å². The van der Waals surface area contributed by atoms with Gasteiger partial charge in [0, 0.05) is 0 Å². The van der Waals surface area contributed by atoms with Crippen LogP contribution in [-0.2, 0) is 11.3 Å². The number of aliphatic imine (C=N–C) groups is 1. The molecule has 0 N–H and O–H groups in total. The summed E-state index contributed by atoms with van der Waals surface area (Å²) in [6.45, 7) is 4.17. The molecule has 2 nitrogen and oxygen atoms in total. The molecule has 0 atom stereocenters. The van der Waals surface area contributed by atoms with Crippen LogP contribution in [0.5, 0.6) is 0 Å². The van der Waals surface area contributed by atoms with E-state index in [2.05, 4.69) is 4.99 Å². The molecule has 0 radical (unpaired) electrons. The molecule has 1 aromatic carbocycles. The SMILES string of the molecule is CC(C)c1cc(F)cc(CN=C=O)c1. The molecule has 14 heavy (non-hydrogen) atoms. The second-order valence-corrected chi connectivity index (χ2v) is 3.46. The molecule has 0 aliphatic carbocycles. The lowest BCUT2D eigenvalue weighted by molar-refractivity contribution is 0.562. The first-order chi connectivity index (χ1) is 6.63. The van der Waals surface area contributed by atoms with Crippen molar-refractivity contribution in [1.29, 1.82) is 0 Å². The van der Waals surface area contributed by atoms with Crippen molar-refractivity contribution in [1.82, 2.24) is 0 Å². The molecular weight excluding hydrogens is 181 g/mol. The fourth-order valence-electron chi connectivity index (χ4n) is 1.22. The Balaban J connectivity index is 3.00. The summed E-state index contributed by atoms with van der Waals surface area (Å²) in [6, 6.07) is 4.74. The van der Waals surface area contributed by atoms with Crippen LogP contribution >= 0.6 is 0 Å². The van der Waals surface area contributed by atoms with Crippen molar-refractivity contribution in [3.63, 3.8) is 0 Å². The quantitative estimate of drug-likeness (QED) is 0.536. The second-order valence-electron chi connectivity index (χ2n) is 3.46. The molecule has 74 valence electrons. The van der Waals surface area contributed by atoms with Gasteiger partial charge in [-0.25, -0.2) is 14.2 Å². The number of isocyanates is 1. The summed E-state index contributed by atoms with van der Waals surface area (Å²) in [5.74, 6) is -0.0167. The van der Waals surface area contributed by atoms with Crippen LogP contribution in [0.25, 0.3) is 0 Å². The normalized spacial score (nSPS) is 10.0. The molecule has 0 fully saturated rings. The summed E-state index contributed by atoms with van der Waals surface area (Å²) in [5, 5.41) is 0. The van der Waals surface area contributed by atoms with Gasteiger partial charge in [0.15, 0.2) is 0 Å². The van der Waals surface area contributed by atoms with Crippen molar-refractivity contribution >= 4 is 6.08 Å². The zero-order valence-electron chi connectivity index (χ0n) is 8.25. The van der Waals surface area contributed by atoms with E-state index >= 15 is 0 Å². The standard InChI is InChI=1S/C11H12FNO/c1-8(2)10-3-9(6-13-7-14)4-11(12)5-10/h3-5,8H,6H2,1-2H3. The van der Waals surface area contributed by atoms with E-state index in [0.29, 0.717) is 5.56 Å². The highest BCUT2D eigenvalue weighted by Crippen LogP contribution is 2.18. The summed E-state index contributed by atoms with van der Waals surface area (Å²) in [5.41, 5.74) is 1.62. The van der Waals surface area contributed by atoms with E-state index in [0.717, 1.165) is 5.56 Å². The van der Waals surface area contributed by atoms with Gasteiger partial charge in [-0.05, 0) is 29.2 Å². The Morgan fingerprint density at radius 1 is 1.43 bits per heavy atom. The second kappa shape index (κ2) is 4.68. The van der Waals surface area contributed by atoms with Crippen LogP contribution in [0.4, 0.5) is 4.39 Å². The first kappa shape index (κ1) is 10.6. The van der Waals surface area contributed by atoms with E-state index in [1.165, 1.54) is 18.2 Å². The van der Waals surface area contributed by atoms with Gasteiger partial charge < -0.3 is 0 Å². The maximum Gasteiger partial charge on any atom is 0.235 e. The van der Waals surface area contributed by atoms with Crippen molar-refractivity contribution in [2.45, 2.75) is 26.3 Å². The number of nitrogens with zero attached hydrogens (tertiary/aromatic N) is 1. The van der Waals surface area contributed by atoms with E-state index < -0.39 is 0 Å². The van der Waals surface area contributed by atoms with E-state index in [4.69, 9.17) is 0 Å². The van der Waals surface area contributed by atoms with Gasteiger partial charge in [0.1, 0.15) is 5.82 Å². The van der Waals surface area contributed by atoms with Crippen molar-refractivity contribution in [3.8, 4) is 0 Å². The minimum absolute atomic E-state index is 0.195. The molecule has 0 saturated heterocycles. The van der Waals surface area contributed by atoms with E-state index in [1.54, 1.807) is 0 Å². The molecule has 0 saturated carbocycles. The van der Waals surface area contributed by atoms with Crippen LogP contribution in [0.15, 0.2) is 23.2 Å². The maximum atomic E-state index is 13.1. The maximum absolute atomic E-state index is 13.1. The molecule has 0 aliphatic heterocycles. The van der Waals surface area contributed by atoms with Gasteiger partial charge in [-0.2, -0.15) is 0 Å². The summed E-state index contributed by atoms with van der Waals surface area (Å²) in [6.07, 6.45) is 1.44. The highest BCUT2D eigenvalue weighted by atomic mass is 19.1. The lowest BCUT2D eigenvalue weighted by Gasteiger charge is -2.07. The molecule has 0 spiro atoms. The Morgan fingerprint density at radius 2 is 2.14 bits per heavy atom. The number of benzene rings is 1. The Bertz CT molecular complexity index is 368. The van der Waals surface area contributed by atoms with Gasteiger partial charge in [-0.1, -0.05) is 19.9 Å². The number of rotatable bonds is 3. The zero-order chi connectivity index (χ0) is 10.6. The van der Waals surface area contributed by atoms with Gasteiger partial charge >= 0.3 is 0 Å². The van der Waals surface area contributed by atoms with Gasteiger partial charge in [0.25, 0.3) is 0 Å².